The molecule has 45 heavy (non-hydrogen) atoms. The van der Waals surface area contributed by atoms with E-state index in [1.165, 1.54) is 6.92 Å². The summed E-state index contributed by atoms with van der Waals surface area (Å²) in [5.41, 5.74) is 1.33. The van der Waals surface area contributed by atoms with E-state index in [9.17, 15) is 35.9 Å². The van der Waals surface area contributed by atoms with Gasteiger partial charge in [0.05, 0.1) is 34.9 Å². The van der Waals surface area contributed by atoms with Crippen molar-refractivity contribution in [2.24, 2.45) is 5.73 Å². The number of nitrogens with two attached hydrogens (primary N) is 1. The zero-order chi connectivity index (χ0) is 32.9. The molecule has 2 fully saturated rings. The van der Waals surface area contributed by atoms with Gasteiger partial charge in [-0.3, -0.25) is 9.69 Å². The number of hydrogen-bond acceptors (Lipinski definition) is 8. The van der Waals surface area contributed by atoms with Gasteiger partial charge in [-0.1, -0.05) is 30.3 Å². The van der Waals surface area contributed by atoms with Crippen LogP contribution in [0.4, 0.5) is 31.1 Å². The molecular formula is C30H35F6N3O6. The number of carbonyl (C=O) groups excluding carboxylic acids is 2. The summed E-state index contributed by atoms with van der Waals surface area (Å²) in [5, 5.41) is 3.04. The Morgan fingerprint density at radius 2 is 1.67 bits per heavy atom. The number of amides is 1. The lowest BCUT2D eigenvalue weighted by atomic mass is 9.74. The average Bonchev–Trinajstić information content (AvgIpc) is 3.36. The summed E-state index contributed by atoms with van der Waals surface area (Å²) in [4.78, 5) is 25.8. The van der Waals surface area contributed by atoms with Crippen molar-refractivity contribution in [2.75, 3.05) is 39.8 Å². The number of carbonyl (C=O) groups is 2. The van der Waals surface area contributed by atoms with E-state index in [1.807, 2.05) is 17.0 Å². The normalized spacial score (nSPS) is 23.2. The van der Waals surface area contributed by atoms with E-state index >= 15 is 0 Å². The monoisotopic (exact) mass is 647 g/mol. The Kier molecular flexibility index (Phi) is 10.7. The molecule has 248 valence electrons. The lowest BCUT2D eigenvalue weighted by Gasteiger charge is -2.53. The van der Waals surface area contributed by atoms with E-state index in [0.29, 0.717) is 37.8 Å². The molecule has 4 rings (SSSR count). The molecule has 0 radical (unpaired) electrons. The van der Waals surface area contributed by atoms with Gasteiger partial charge >= 0.3 is 18.5 Å². The van der Waals surface area contributed by atoms with Crippen molar-refractivity contribution < 1.29 is 54.9 Å². The van der Waals surface area contributed by atoms with Crippen LogP contribution < -0.4 is 11.1 Å². The zero-order valence-corrected chi connectivity index (χ0v) is 24.5. The quantitative estimate of drug-likeness (QED) is 0.143. The van der Waals surface area contributed by atoms with Crippen LogP contribution in [0.1, 0.15) is 61.0 Å². The minimum absolute atomic E-state index is 0.0455. The molecule has 2 heterocycles. The molecule has 1 spiro atoms. The highest BCUT2D eigenvalue weighted by Gasteiger charge is 2.51. The smallest absolute Gasteiger partial charge is 0.433 e. The predicted molar refractivity (Wildman–Crippen MR) is 147 cm³/mol. The minimum Gasteiger partial charge on any atom is -0.433 e. The second-order valence-electron chi connectivity index (χ2n) is 11.2. The lowest BCUT2D eigenvalue weighted by molar-refractivity contribution is -0.149. The van der Waals surface area contributed by atoms with Gasteiger partial charge in [-0.25, -0.2) is 4.79 Å². The molecule has 2 aliphatic rings. The fourth-order valence-corrected chi connectivity index (χ4v) is 5.76. The fraction of sp³-hybridized carbons (Fsp3) is 0.533. The number of nitrogens with one attached hydrogen (secondary N) is 1. The van der Waals surface area contributed by atoms with Crippen LogP contribution in [0.5, 0.6) is 0 Å². The first-order valence-electron chi connectivity index (χ1n) is 14.3. The van der Waals surface area contributed by atoms with Crippen molar-refractivity contribution in [3.63, 3.8) is 0 Å². The summed E-state index contributed by atoms with van der Waals surface area (Å²) in [7, 11) is 0. The van der Waals surface area contributed by atoms with Crippen molar-refractivity contribution in [2.45, 2.75) is 62.1 Å². The Balaban J connectivity index is 1.62. The summed E-state index contributed by atoms with van der Waals surface area (Å²) in [5.74, 6) is -0.107. The van der Waals surface area contributed by atoms with Gasteiger partial charge in [-0.05, 0) is 55.5 Å². The van der Waals surface area contributed by atoms with E-state index in [-0.39, 0.29) is 50.6 Å². The van der Waals surface area contributed by atoms with Crippen LogP contribution in [0.2, 0.25) is 0 Å². The van der Waals surface area contributed by atoms with Gasteiger partial charge in [0.15, 0.2) is 6.79 Å². The summed E-state index contributed by atoms with van der Waals surface area (Å²) in [6.45, 7) is 0.969. The first-order valence-corrected chi connectivity index (χ1v) is 14.3. The van der Waals surface area contributed by atoms with E-state index in [0.717, 1.165) is 5.56 Å². The molecular weight excluding hydrogens is 612 g/mol. The average molecular weight is 648 g/mol. The van der Waals surface area contributed by atoms with E-state index in [1.54, 1.807) is 18.2 Å². The third kappa shape index (κ3) is 8.45. The molecule has 3 N–H and O–H groups in total. The molecule has 2 saturated heterocycles. The predicted octanol–water partition coefficient (Wildman–Crippen LogP) is 5.49. The topological polar surface area (TPSA) is 112 Å². The number of hydrogen-bond donors (Lipinski definition) is 2. The Bertz CT molecular complexity index is 1300. The minimum atomic E-state index is -5.00. The number of rotatable bonds is 11. The maximum absolute atomic E-state index is 13.5. The number of nitrogens with zero attached hydrogens (tertiary/aromatic N) is 1. The van der Waals surface area contributed by atoms with Crippen molar-refractivity contribution >= 4 is 12.1 Å². The van der Waals surface area contributed by atoms with Crippen LogP contribution in [-0.2, 0) is 41.6 Å². The lowest BCUT2D eigenvalue weighted by Crippen LogP contribution is -2.63. The number of alkyl halides is 6. The summed E-state index contributed by atoms with van der Waals surface area (Å²) in [6.07, 6.45) is -10.4. The van der Waals surface area contributed by atoms with Crippen LogP contribution in [0, 0.1) is 0 Å². The van der Waals surface area contributed by atoms with E-state index in [2.05, 4.69) is 5.32 Å². The van der Waals surface area contributed by atoms with Gasteiger partial charge in [0.25, 0.3) is 0 Å². The number of likely N-dealkylation sites (tertiary alicyclic amines) is 1. The highest BCUT2D eigenvalue weighted by Crippen LogP contribution is 2.45. The molecule has 2 aromatic rings. The van der Waals surface area contributed by atoms with Crippen molar-refractivity contribution in [1.29, 1.82) is 0 Å². The Morgan fingerprint density at radius 1 is 1.00 bits per heavy atom. The van der Waals surface area contributed by atoms with Crippen molar-refractivity contribution in [1.82, 2.24) is 10.2 Å². The number of benzene rings is 2. The number of piperidine rings is 1. The molecule has 15 heteroatoms. The molecule has 0 unspecified atom stereocenters. The second kappa shape index (κ2) is 13.9. The fourth-order valence-electron chi connectivity index (χ4n) is 5.76. The summed E-state index contributed by atoms with van der Waals surface area (Å²) in [6, 6.07) is 10.4. The highest BCUT2D eigenvalue weighted by molar-refractivity contribution is 5.79. The summed E-state index contributed by atoms with van der Waals surface area (Å²) < 4.78 is 103. The standard InChI is InChI=1S/C30H35F6N3O6/c1-20(21-13-23(29(31,32)33)15-24(14-21)30(34,35)36)44-17-28(22-5-3-2-4-6-22)10-9-27(8-7-25(40)38-27)16-39(28)18-42-19-45-26(41)43-12-11-37/h2-6,13-15,20H,7-12,16-19,37H2,1H3,(H,38,40)/t20-,27-,28-/m1/s1. The molecule has 0 aromatic heterocycles. The molecule has 2 aliphatic heterocycles. The van der Waals surface area contributed by atoms with Crippen LogP contribution >= 0.6 is 0 Å². The first kappa shape index (κ1) is 34.5. The van der Waals surface area contributed by atoms with Crippen LogP contribution in [0.25, 0.3) is 0 Å². The number of ether oxygens (including phenoxy) is 4. The van der Waals surface area contributed by atoms with Gasteiger partial charge in [-0.15, -0.1) is 0 Å². The third-order valence-electron chi connectivity index (χ3n) is 8.16. The van der Waals surface area contributed by atoms with Gasteiger partial charge < -0.3 is 30.0 Å². The maximum atomic E-state index is 13.5. The molecule has 9 nitrogen and oxygen atoms in total. The Hall–Kier alpha value is -3.40. The van der Waals surface area contributed by atoms with Crippen LogP contribution in [-0.4, -0.2) is 62.3 Å². The van der Waals surface area contributed by atoms with Gasteiger partial charge in [0.2, 0.25) is 5.91 Å². The molecule has 2 aromatic carbocycles. The highest BCUT2D eigenvalue weighted by atomic mass is 19.4. The molecule has 0 bridgehead atoms. The molecule has 0 aliphatic carbocycles. The SMILES string of the molecule is C[C@@H](OC[C@@]1(c2ccccc2)CC[C@]2(CCC(=O)N2)CN1COCOC(=O)OCCN)c1cc(C(F)(F)F)cc(C(F)(F)F)c1. The van der Waals surface area contributed by atoms with E-state index in [4.69, 9.17) is 24.7 Å². The largest absolute Gasteiger partial charge is 0.510 e. The van der Waals surface area contributed by atoms with E-state index < -0.39 is 53.6 Å². The third-order valence-corrected chi connectivity index (χ3v) is 8.16. The van der Waals surface area contributed by atoms with Gasteiger partial charge in [-0.2, -0.15) is 26.3 Å². The molecule has 1 amide bonds. The first-order chi connectivity index (χ1) is 21.2. The Labute approximate surface area is 255 Å². The Morgan fingerprint density at radius 3 is 2.24 bits per heavy atom. The summed E-state index contributed by atoms with van der Waals surface area (Å²) >= 11 is 0. The van der Waals surface area contributed by atoms with Crippen molar-refractivity contribution in [3.05, 3.63) is 70.8 Å². The maximum Gasteiger partial charge on any atom is 0.510 e. The molecule has 0 saturated carbocycles. The second-order valence-corrected chi connectivity index (χ2v) is 11.2. The van der Waals surface area contributed by atoms with Crippen LogP contribution in [0.15, 0.2) is 48.5 Å². The zero-order valence-electron chi connectivity index (χ0n) is 24.5. The van der Waals surface area contributed by atoms with Crippen LogP contribution in [0.3, 0.4) is 0 Å². The van der Waals surface area contributed by atoms with Gasteiger partial charge in [0, 0.05) is 19.5 Å². The number of halogens is 6. The van der Waals surface area contributed by atoms with Crippen molar-refractivity contribution in [3.8, 4) is 0 Å². The van der Waals surface area contributed by atoms with Gasteiger partial charge in [0.1, 0.15) is 13.3 Å². The molecule has 3 atom stereocenters.